The van der Waals surface area contributed by atoms with Crippen LogP contribution in [0.5, 0.6) is 0 Å². The van der Waals surface area contributed by atoms with Gasteiger partial charge in [0, 0.05) is 67.7 Å². The number of hydrogen-bond acceptors (Lipinski definition) is 6. The van der Waals surface area contributed by atoms with Crippen LogP contribution >= 0.6 is 11.8 Å². The molecule has 0 bridgehead atoms. The van der Waals surface area contributed by atoms with Gasteiger partial charge >= 0.3 is 0 Å². The van der Waals surface area contributed by atoms with Crippen LogP contribution in [-0.2, 0) is 11.2 Å². The number of aryl methyl sites for hydroxylation is 1. The number of piperazine rings is 1. The molecule has 0 N–H and O–H groups in total. The van der Waals surface area contributed by atoms with Crippen molar-refractivity contribution in [3.63, 3.8) is 0 Å². The summed E-state index contributed by atoms with van der Waals surface area (Å²) in [4.78, 5) is 31.4. The number of anilines is 2. The Kier molecular flexibility index (Phi) is 5.71. The normalized spacial score (nSPS) is 22.8. The van der Waals surface area contributed by atoms with Crippen LogP contribution in [0.2, 0.25) is 0 Å². The van der Waals surface area contributed by atoms with E-state index in [4.69, 9.17) is 0 Å². The average molecular weight is 453 g/mol. The zero-order valence-corrected chi connectivity index (χ0v) is 19.1. The van der Waals surface area contributed by atoms with Gasteiger partial charge in [0.05, 0.1) is 16.9 Å². The van der Waals surface area contributed by atoms with Gasteiger partial charge in [0.25, 0.3) is 5.69 Å². The van der Waals surface area contributed by atoms with Gasteiger partial charge in [-0.15, -0.1) is 0 Å². The largest absolute Gasteiger partial charge is 0.368 e. The first kappa shape index (κ1) is 21.1. The zero-order valence-electron chi connectivity index (χ0n) is 18.3. The zero-order chi connectivity index (χ0) is 22.2. The molecule has 3 aliphatic rings. The summed E-state index contributed by atoms with van der Waals surface area (Å²) >= 11 is 1.89. The number of non-ortho nitro benzene ring substituents is 1. The molecular formula is C24H28N4O3S. The minimum absolute atomic E-state index is 0.0566. The number of thioether (sulfide) groups is 1. The van der Waals surface area contributed by atoms with E-state index in [0.29, 0.717) is 6.42 Å². The summed E-state index contributed by atoms with van der Waals surface area (Å²) < 4.78 is 0. The van der Waals surface area contributed by atoms with Crippen molar-refractivity contribution in [3.05, 3.63) is 63.7 Å². The highest BCUT2D eigenvalue weighted by molar-refractivity contribution is 7.99. The van der Waals surface area contributed by atoms with Crippen LogP contribution in [0.4, 0.5) is 17.1 Å². The molecule has 2 aromatic carbocycles. The van der Waals surface area contributed by atoms with Gasteiger partial charge < -0.3 is 14.7 Å². The second kappa shape index (κ2) is 8.65. The maximum Gasteiger partial charge on any atom is 0.269 e. The molecule has 0 saturated carbocycles. The van der Waals surface area contributed by atoms with E-state index in [1.807, 2.05) is 22.7 Å². The molecule has 2 aromatic rings. The number of carbonyl (C=O) groups is 1. The Hall–Kier alpha value is -2.74. The van der Waals surface area contributed by atoms with Crippen molar-refractivity contribution in [1.29, 1.82) is 0 Å². The smallest absolute Gasteiger partial charge is 0.269 e. The summed E-state index contributed by atoms with van der Waals surface area (Å²) in [5.74, 6) is 1.96. The van der Waals surface area contributed by atoms with E-state index in [9.17, 15) is 14.9 Å². The van der Waals surface area contributed by atoms with Gasteiger partial charge in [0.15, 0.2) is 0 Å². The van der Waals surface area contributed by atoms with Crippen LogP contribution in [0.15, 0.2) is 42.5 Å². The summed E-state index contributed by atoms with van der Waals surface area (Å²) in [7, 11) is 0. The van der Waals surface area contributed by atoms with Gasteiger partial charge in [-0.3, -0.25) is 14.9 Å². The van der Waals surface area contributed by atoms with Gasteiger partial charge in [-0.1, -0.05) is 17.7 Å². The Morgan fingerprint density at radius 3 is 2.53 bits per heavy atom. The van der Waals surface area contributed by atoms with Gasteiger partial charge in [0.2, 0.25) is 5.91 Å². The maximum absolute atomic E-state index is 13.7. The Morgan fingerprint density at radius 2 is 1.81 bits per heavy atom. The lowest BCUT2D eigenvalue weighted by Crippen LogP contribution is -2.62. The fourth-order valence-corrected chi connectivity index (χ4v) is 6.12. The SMILES string of the molecule is Cc1ccc(N2CCN3c4ccc([N+](=O)[O-])cc4C[C@H](C(=O)N4CCSCC4)[C@H]3C2)cc1. The van der Waals surface area contributed by atoms with Crippen molar-refractivity contribution >= 4 is 34.7 Å². The van der Waals surface area contributed by atoms with Crippen LogP contribution < -0.4 is 9.80 Å². The predicted molar refractivity (Wildman–Crippen MR) is 129 cm³/mol. The molecule has 168 valence electrons. The molecule has 3 heterocycles. The van der Waals surface area contributed by atoms with Gasteiger partial charge in [-0.25, -0.2) is 0 Å². The third kappa shape index (κ3) is 3.92. The summed E-state index contributed by atoms with van der Waals surface area (Å²) in [5, 5.41) is 11.4. The molecule has 0 aromatic heterocycles. The minimum Gasteiger partial charge on any atom is -0.368 e. The number of nitro groups is 1. The highest BCUT2D eigenvalue weighted by Gasteiger charge is 2.43. The van der Waals surface area contributed by atoms with Gasteiger partial charge in [0.1, 0.15) is 0 Å². The Morgan fingerprint density at radius 1 is 1.06 bits per heavy atom. The number of amides is 1. The highest BCUT2D eigenvalue weighted by Crippen LogP contribution is 2.39. The molecular weight excluding hydrogens is 424 g/mol. The van der Waals surface area contributed by atoms with Crippen LogP contribution in [0.25, 0.3) is 0 Å². The topological polar surface area (TPSA) is 69.9 Å². The number of benzene rings is 2. The van der Waals surface area contributed by atoms with Crippen molar-refractivity contribution in [1.82, 2.24) is 4.90 Å². The fraction of sp³-hybridized carbons (Fsp3) is 0.458. The number of rotatable bonds is 3. The molecule has 2 saturated heterocycles. The molecule has 7 nitrogen and oxygen atoms in total. The average Bonchev–Trinajstić information content (AvgIpc) is 2.83. The van der Waals surface area contributed by atoms with E-state index in [1.54, 1.807) is 12.1 Å². The third-order valence-electron chi connectivity index (χ3n) is 6.95. The van der Waals surface area contributed by atoms with E-state index >= 15 is 0 Å². The molecule has 3 aliphatic heterocycles. The Labute approximate surface area is 192 Å². The number of nitrogens with zero attached hydrogens (tertiary/aromatic N) is 4. The van der Waals surface area contributed by atoms with E-state index in [2.05, 4.69) is 41.0 Å². The predicted octanol–water partition coefficient (Wildman–Crippen LogP) is 3.35. The van der Waals surface area contributed by atoms with Crippen molar-refractivity contribution in [3.8, 4) is 0 Å². The third-order valence-corrected chi connectivity index (χ3v) is 7.89. The maximum atomic E-state index is 13.7. The number of nitro benzene ring substituents is 1. The van der Waals surface area contributed by atoms with Crippen LogP contribution in [0, 0.1) is 23.0 Å². The van der Waals surface area contributed by atoms with E-state index < -0.39 is 0 Å². The lowest BCUT2D eigenvalue weighted by Gasteiger charge is -2.50. The minimum atomic E-state index is -0.347. The van der Waals surface area contributed by atoms with Crippen molar-refractivity contribution < 1.29 is 9.72 Å². The lowest BCUT2D eigenvalue weighted by molar-refractivity contribution is -0.384. The Balaban J connectivity index is 1.48. The standard InChI is InChI=1S/C24H28N4O3S/c1-17-2-4-19(5-3-17)26-8-9-27-22-7-6-20(28(30)31)14-18(22)15-21(23(27)16-26)24(29)25-10-12-32-13-11-25/h2-7,14,21,23H,8-13,15-16H2,1H3/t21-,23+/m0/s1. The summed E-state index contributed by atoms with van der Waals surface area (Å²) in [6, 6.07) is 13.8. The van der Waals surface area contributed by atoms with E-state index in [0.717, 1.165) is 55.5 Å². The van der Waals surface area contributed by atoms with Gasteiger partial charge in [-0.05, 0) is 37.1 Å². The first-order valence-electron chi connectivity index (χ1n) is 11.2. The quantitative estimate of drug-likeness (QED) is 0.526. The molecule has 32 heavy (non-hydrogen) atoms. The summed E-state index contributed by atoms with van der Waals surface area (Å²) in [6.45, 7) is 6.09. The second-order valence-corrected chi connectivity index (χ2v) is 10.1. The number of carbonyl (C=O) groups excluding carboxylic acids is 1. The molecule has 0 unspecified atom stereocenters. The first-order chi connectivity index (χ1) is 15.5. The van der Waals surface area contributed by atoms with Crippen molar-refractivity contribution in [2.45, 2.75) is 19.4 Å². The molecule has 8 heteroatoms. The Bertz CT molecular complexity index is 1020. The van der Waals surface area contributed by atoms with Crippen molar-refractivity contribution in [2.24, 2.45) is 5.92 Å². The number of hydrogen-bond donors (Lipinski definition) is 0. The highest BCUT2D eigenvalue weighted by atomic mass is 32.2. The lowest BCUT2D eigenvalue weighted by atomic mass is 9.82. The molecule has 5 rings (SSSR count). The summed E-state index contributed by atoms with van der Waals surface area (Å²) in [6.07, 6.45) is 0.558. The fourth-order valence-electron chi connectivity index (χ4n) is 5.22. The van der Waals surface area contributed by atoms with Crippen LogP contribution in [-0.4, -0.2) is 66.0 Å². The molecule has 0 spiro atoms. The molecule has 0 radical (unpaired) electrons. The first-order valence-corrected chi connectivity index (χ1v) is 12.4. The van der Waals surface area contributed by atoms with Gasteiger partial charge in [-0.2, -0.15) is 11.8 Å². The van der Waals surface area contributed by atoms with Crippen LogP contribution in [0.3, 0.4) is 0 Å². The molecule has 2 atom stereocenters. The second-order valence-electron chi connectivity index (χ2n) is 8.86. The van der Waals surface area contributed by atoms with Crippen LogP contribution in [0.1, 0.15) is 11.1 Å². The molecule has 0 aliphatic carbocycles. The van der Waals surface area contributed by atoms with Crippen molar-refractivity contribution in [2.75, 3.05) is 54.0 Å². The monoisotopic (exact) mass is 452 g/mol. The van der Waals surface area contributed by atoms with E-state index in [1.165, 1.54) is 11.3 Å². The van der Waals surface area contributed by atoms with E-state index in [-0.39, 0.29) is 28.5 Å². The summed E-state index contributed by atoms with van der Waals surface area (Å²) in [5.41, 5.74) is 4.48. The molecule has 1 amide bonds. The molecule has 2 fully saturated rings. The number of fused-ring (bicyclic) bond motifs is 3.